The third-order valence-electron chi connectivity index (χ3n) is 9.00. The van der Waals surface area contributed by atoms with Gasteiger partial charge in [-0.3, -0.25) is 0 Å². The number of hydrogen-bond donors (Lipinski definition) is 1. The zero-order valence-electron chi connectivity index (χ0n) is 35.2. The van der Waals surface area contributed by atoms with E-state index in [9.17, 15) is 0 Å². The van der Waals surface area contributed by atoms with E-state index in [0.29, 0.717) is 34.0 Å². The number of benzene rings is 6. The van der Waals surface area contributed by atoms with Crippen LogP contribution in [0.25, 0.3) is 32.9 Å². The maximum atomic E-state index is 8.84. The van der Waals surface area contributed by atoms with Crippen molar-refractivity contribution in [3.8, 4) is 17.2 Å². The molecule has 1 aromatic heterocycles. The zero-order chi connectivity index (χ0) is 40.6. The van der Waals surface area contributed by atoms with Crippen molar-refractivity contribution in [2.75, 3.05) is 34.0 Å². The largest absolute Gasteiger partial charge is 4.00 e. The van der Waals surface area contributed by atoms with Gasteiger partial charge in [0.05, 0.1) is 11.6 Å². The fourth-order valence-electron chi connectivity index (χ4n) is 6.73. The molecule has 0 saturated carbocycles. The summed E-state index contributed by atoms with van der Waals surface area (Å²) in [6.45, 7) is 6.25. The van der Waals surface area contributed by atoms with Crippen LogP contribution in [0, 0.1) is 58.4 Å². The number of nitriles is 1. The van der Waals surface area contributed by atoms with Crippen molar-refractivity contribution in [1.82, 2.24) is 4.98 Å². The summed E-state index contributed by atoms with van der Waals surface area (Å²) in [7, 11) is 0. The van der Waals surface area contributed by atoms with E-state index in [1.54, 1.807) is 35.8 Å². The third kappa shape index (κ3) is 7.29. The first kappa shape index (κ1) is 29.1. The Morgan fingerprint density at radius 2 is 1.52 bits per heavy atom. The van der Waals surface area contributed by atoms with E-state index >= 15 is 0 Å². The Bertz CT molecular complexity index is 2620. The average Bonchev–Trinajstić information content (AvgIpc) is 3.74. The van der Waals surface area contributed by atoms with E-state index in [1.807, 2.05) is 85.8 Å². The molecule has 0 spiro atoms. The monoisotopic (exact) mass is 865 g/mol. The number of para-hydroxylation sites is 4. The van der Waals surface area contributed by atoms with Gasteiger partial charge in [-0.05, 0) is 105 Å². The van der Waals surface area contributed by atoms with Gasteiger partial charge in [-0.15, -0.1) is 46.2 Å². The van der Waals surface area contributed by atoms with Crippen molar-refractivity contribution in [2.24, 2.45) is 0 Å². The van der Waals surface area contributed by atoms with Gasteiger partial charge in [0.15, 0.2) is 0 Å². The number of anilines is 5. The standard InChI is InChI=1S/C32H33N4.C13H7N2.Pt/c1-22-15-24(3)32(25(4)16-22)26-17-27(33-20-34(5)29-12-8-7-11-23(29)2)19-28(18-26)36-21-35(6)30-13-9-10-14-31(30)36;14-8-9-5-6-13-11(7-9)10-3-1-2-4-12(10)15-13;/h7-18,20-21,33H,1-6H3;1-7H;/q-3;-1;+4/i5D3,6D3;;. The molecule has 1 aliphatic rings. The predicted octanol–water partition coefficient (Wildman–Crippen LogP) is 10.6. The first-order chi connectivity index (χ1) is 27.1. The van der Waals surface area contributed by atoms with Gasteiger partial charge in [-0.1, -0.05) is 78.4 Å². The minimum Gasteiger partial charge on any atom is -0.657 e. The summed E-state index contributed by atoms with van der Waals surface area (Å²) < 4.78 is 48.8. The van der Waals surface area contributed by atoms with Crippen LogP contribution >= 0.6 is 0 Å². The Kier molecular flexibility index (Phi) is 8.62. The van der Waals surface area contributed by atoms with Gasteiger partial charge in [0, 0.05) is 25.3 Å². The average molecular weight is 866 g/mol. The number of hydrogen-bond acceptors (Lipinski definition) is 5. The number of fused-ring (bicyclic) bond motifs is 4. The molecule has 260 valence electrons. The second-order valence-electron chi connectivity index (χ2n) is 12.7. The quantitative estimate of drug-likeness (QED) is 0.168. The molecule has 1 N–H and O–H groups in total. The first-order valence-electron chi connectivity index (χ1n) is 19.6. The van der Waals surface area contributed by atoms with E-state index in [-0.39, 0.29) is 21.1 Å². The second-order valence-corrected chi connectivity index (χ2v) is 12.7. The molecule has 7 aromatic rings. The fraction of sp³-hybridized carbons (Fsp3) is 0.133. The molecule has 0 atom stereocenters. The number of rotatable bonds is 6. The Morgan fingerprint density at radius 3 is 2.27 bits per heavy atom. The van der Waals surface area contributed by atoms with E-state index in [4.69, 9.17) is 13.5 Å². The Hall–Kier alpha value is -5.50. The molecule has 0 bridgehead atoms. The molecule has 8 rings (SSSR count). The van der Waals surface area contributed by atoms with Crippen molar-refractivity contribution in [3.05, 3.63) is 162 Å². The molecule has 0 unspecified atom stereocenters. The van der Waals surface area contributed by atoms with Gasteiger partial charge in [0.2, 0.25) is 0 Å². The molecule has 6 nitrogen and oxygen atoms in total. The van der Waals surface area contributed by atoms with E-state index in [2.05, 4.69) is 55.3 Å². The van der Waals surface area contributed by atoms with E-state index < -0.39 is 14.0 Å². The topological polar surface area (TPSA) is 59.6 Å². The SMILES string of the molecule is N#Cc1ccc2[n-]c3ccccc3c2c1.[2H]C([2H])([2H])N([CH-]Nc1[c-]c(N2[CH-]N(C([2H])([2H])[2H])c3ccccc32)cc(-c2c(C)cc(C)cc2C)c1)c1ccccc1C.[Pt+4]. The summed E-state index contributed by atoms with van der Waals surface area (Å²) in [6.07, 6.45) is 0. The van der Waals surface area contributed by atoms with Crippen LogP contribution in [0.4, 0.5) is 28.4 Å². The maximum absolute atomic E-state index is 8.84. The number of nitrogens with zero attached hydrogens (tertiary/aromatic N) is 5. The molecular weight excluding hydrogens is 820 g/mol. The van der Waals surface area contributed by atoms with Crippen LogP contribution in [0.1, 0.15) is 36.0 Å². The van der Waals surface area contributed by atoms with Gasteiger partial charge >= 0.3 is 21.1 Å². The molecule has 0 saturated heterocycles. The number of aromatic nitrogens is 1. The Labute approximate surface area is 330 Å². The number of aryl methyl sites for hydroxylation is 4. The van der Waals surface area contributed by atoms with Crippen LogP contribution in [-0.2, 0) is 21.1 Å². The van der Waals surface area contributed by atoms with Crippen LogP contribution in [0.2, 0.25) is 0 Å². The van der Waals surface area contributed by atoms with Gasteiger partial charge < -0.3 is 25.0 Å². The second kappa shape index (κ2) is 15.4. The molecule has 0 amide bonds. The summed E-state index contributed by atoms with van der Waals surface area (Å²) in [5.74, 6) is 0. The van der Waals surface area contributed by atoms with Crippen LogP contribution in [0.3, 0.4) is 0 Å². The zero-order valence-corrected chi connectivity index (χ0v) is 31.4. The van der Waals surface area contributed by atoms with Gasteiger partial charge in [0.25, 0.3) is 0 Å². The molecule has 0 aliphatic carbocycles. The smallest absolute Gasteiger partial charge is 0.657 e. The summed E-state index contributed by atoms with van der Waals surface area (Å²) in [4.78, 5) is 8.80. The normalized spacial score (nSPS) is 14.0. The molecule has 0 radical (unpaired) electrons. The van der Waals surface area contributed by atoms with Gasteiger partial charge in [-0.2, -0.15) is 18.6 Å². The predicted molar refractivity (Wildman–Crippen MR) is 213 cm³/mol. The van der Waals surface area contributed by atoms with Crippen molar-refractivity contribution >= 4 is 50.2 Å². The molecule has 2 heterocycles. The van der Waals surface area contributed by atoms with Crippen molar-refractivity contribution in [1.29, 1.82) is 5.26 Å². The van der Waals surface area contributed by atoms with Crippen LogP contribution < -0.4 is 25.0 Å². The molecular formula is C45H40N6Pt. The van der Waals surface area contributed by atoms with Crippen molar-refractivity contribution in [2.45, 2.75) is 27.7 Å². The summed E-state index contributed by atoms with van der Waals surface area (Å²) in [5, 5.41) is 14.2. The summed E-state index contributed by atoms with van der Waals surface area (Å²) in [5.41, 5.74) is 11.7. The molecule has 1 aliphatic heterocycles. The minimum atomic E-state index is -2.44. The maximum Gasteiger partial charge on any atom is 4.00 e. The van der Waals surface area contributed by atoms with E-state index in [1.165, 1.54) is 16.5 Å². The van der Waals surface area contributed by atoms with Crippen LogP contribution in [0.15, 0.2) is 115 Å². The molecule has 7 heteroatoms. The van der Waals surface area contributed by atoms with Crippen LogP contribution in [-0.4, -0.2) is 14.0 Å². The first-order valence-corrected chi connectivity index (χ1v) is 16.6. The fourth-order valence-corrected chi connectivity index (χ4v) is 6.73. The molecule has 6 aromatic carbocycles. The Balaban J connectivity index is 0.000000294. The van der Waals surface area contributed by atoms with Crippen molar-refractivity contribution < 1.29 is 29.3 Å². The summed E-state index contributed by atoms with van der Waals surface area (Å²) in [6, 6.07) is 41.9. The third-order valence-corrected chi connectivity index (χ3v) is 9.00. The number of nitrogens with one attached hydrogen (secondary N) is 1. The van der Waals surface area contributed by atoms with Gasteiger partial charge in [0.1, 0.15) is 0 Å². The Morgan fingerprint density at radius 1 is 0.808 bits per heavy atom. The minimum absolute atomic E-state index is 0. The van der Waals surface area contributed by atoms with Crippen molar-refractivity contribution in [3.63, 3.8) is 0 Å². The molecule has 52 heavy (non-hydrogen) atoms. The summed E-state index contributed by atoms with van der Waals surface area (Å²) >= 11 is 0. The molecule has 0 fully saturated rings. The van der Waals surface area contributed by atoms with Gasteiger partial charge in [-0.25, -0.2) is 0 Å². The van der Waals surface area contributed by atoms with Crippen LogP contribution in [0.5, 0.6) is 0 Å². The van der Waals surface area contributed by atoms with E-state index in [0.717, 1.165) is 55.2 Å².